The lowest BCUT2D eigenvalue weighted by Crippen LogP contribution is -2.15. The molecule has 1 saturated carbocycles. The summed E-state index contributed by atoms with van der Waals surface area (Å²) in [6, 6.07) is 13.1. The van der Waals surface area contributed by atoms with Crippen molar-refractivity contribution in [2.45, 2.75) is 129 Å². The van der Waals surface area contributed by atoms with Gasteiger partial charge in [0.25, 0.3) is 0 Å². The average molecular weight is 565 g/mol. The zero-order valence-electron chi connectivity index (χ0n) is 26.0. The summed E-state index contributed by atoms with van der Waals surface area (Å²) in [4.78, 5) is 11.9. The molecule has 1 aliphatic rings. The first-order chi connectivity index (χ1) is 20.1. The van der Waals surface area contributed by atoms with Crippen LogP contribution < -0.4 is 9.47 Å². The molecule has 0 amide bonds. The van der Waals surface area contributed by atoms with E-state index < -0.39 is 5.97 Å². The molecule has 0 atom stereocenters. The fourth-order valence-corrected chi connectivity index (χ4v) is 6.33. The van der Waals surface area contributed by atoms with Crippen LogP contribution in [0.4, 0.5) is 0 Å². The second-order valence-corrected chi connectivity index (χ2v) is 12.2. The Bertz CT molecular complexity index is 975. The average Bonchev–Trinajstić information content (AvgIpc) is 2.99. The molecule has 0 radical (unpaired) electrons. The molecule has 0 spiro atoms. The normalized spacial score (nSPS) is 16.9. The van der Waals surface area contributed by atoms with Gasteiger partial charge in [-0.1, -0.05) is 122 Å². The largest absolute Gasteiger partial charge is 0.494 e. The first-order valence-electron chi connectivity index (χ1n) is 16.8. The third-order valence-electron chi connectivity index (χ3n) is 8.84. The lowest BCUT2D eigenvalue weighted by molar-refractivity contribution is 0.0697. The number of carboxylic acid groups (broad SMARTS) is 1. The topological polar surface area (TPSA) is 55.8 Å². The van der Waals surface area contributed by atoms with Crippen molar-refractivity contribution >= 4 is 5.97 Å². The van der Waals surface area contributed by atoms with Crippen molar-refractivity contribution in [3.05, 3.63) is 48.0 Å². The lowest BCUT2D eigenvalue weighted by Gasteiger charge is -2.28. The van der Waals surface area contributed by atoms with Crippen molar-refractivity contribution in [1.82, 2.24) is 0 Å². The number of carboxylic acids is 1. The van der Waals surface area contributed by atoms with Gasteiger partial charge in [-0.15, -0.1) is 0 Å². The molecule has 228 valence electrons. The third kappa shape index (κ3) is 12.5. The maximum Gasteiger partial charge on any atom is 0.336 e. The molecular weight excluding hydrogens is 508 g/mol. The van der Waals surface area contributed by atoms with Crippen LogP contribution in [0, 0.1) is 11.8 Å². The van der Waals surface area contributed by atoms with Gasteiger partial charge in [0.1, 0.15) is 11.5 Å². The standard InChI is InChI=1S/C37H56O4/c1-3-5-6-7-8-9-10-11-12-13-27-41-34-25-26-35(37(38)39)36(29-34)32-21-23-33(24-22-32)40-28-14-16-31-19-17-30(15-4-2)18-20-31/h21-26,29-31H,3-20,27-28H2,1-2H3,(H,38,39). The number of rotatable bonds is 21. The first-order valence-corrected chi connectivity index (χ1v) is 16.8. The minimum absolute atomic E-state index is 0.290. The summed E-state index contributed by atoms with van der Waals surface area (Å²) >= 11 is 0. The molecule has 0 saturated heterocycles. The maximum atomic E-state index is 11.9. The van der Waals surface area contributed by atoms with Crippen LogP contribution in [0.2, 0.25) is 0 Å². The van der Waals surface area contributed by atoms with Crippen LogP contribution in [0.5, 0.6) is 11.5 Å². The summed E-state index contributed by atoms with van der Waals surface area (Å²) in [5.74, 6) is 2.47. The number of ether oxygens (including phenoxy) is 2. The van der Waals surface area contributed by atoms with Crippen molar-refractivity contribution in [3.8, 4) is 22.6 Å². The van der Waals surface area contributed by atoms with Crippen LogP contribution in [0.25, 0.3) is 11.1 Å². The number of unbranched alkanes of at least 4 members (excludes halogenated alkanes) is 9. The second kappa shape index (κ2) is 19.6. The Kier molecular flexibility index (Phi) is 15.8. The molecule has 0 aromatic heterocycles. The number of aromatic carboxylic acids is 1. The number of carbonyl (C=O) groups is 1. The summed E-state index contributed by atoms with van der Waals surface area (Å²) < 4.78 is 12.0. The summed E-state index contributed by atoms with van der Waals surface area (Å²) in [6.07, 6.45) is 23.5. The van der Waals surface area contributed by atoms with Crippen molar-refractivity contribution < 1.29 is 19.4 Å². The summed E-state index contributed by atoms with van der Waals surface area (Å²) in [5.41, 5.74) is 1.84. The van der Waals surface area contributed by atoms with Crippen molar-refractivity contribution in [2.24, 2.45) is 11.8 Å². The molecule has 0 aliphatic heterocycles. The van der Waals surface area contributed by atoms with Gasteiger partial charge < -0.3 is 14.6 Å². The fourth-order valence-electron chi connectivity index (χ4n) is 6.33. The molecule has 41 heavy (non-hydrogen) atoms. The Morgan fingerprint density at radius 1 is 0.659 bits per heavy atom. The van der Waals surface area contributed by atoms with E-state index >= 15 is 0 Å². The SMILES string of the molecule is CCCCCCCCCCCCOc1ccc(C(=O)O)c(-c2ccc(OCCCC3CCC(CCC)CC3)cc2)c1. The highest BCUT2D eigenvalue weighted by molar-refractivity contribution is 5.96. The van der Waals surface area contributed by atoms with E-state index in [1.165, 1.54) is 103 Å². The molecule has 3 rings (SSSR count). The van der Waals surface area contributed by atoms with Crippen LogP contribution in [0.1, 0.15) is 140 Å². The van der Waals surface area contributed by atoms with Gasteiger partial charge in [0.15, 0.2) is 0 Å². The Morgan fingerprint density at radius 2 is 1.20 bits per heavy atom. The van der Waals surface area contributed by atoms with E-state index in [9.17, 15) is 9.90 Å². The lowest BCUT2D eigenvalue weighted by atomic mass is 9.78. The van der Waals surface area contributed by atoms with Crippen LogP contribution in [0.15, 0.2) is 42.5 Å². The Hall–Kier alpha value is -2.49. The van der Waals surface area contributed by atoms with Crippen LogP contribution >= 0.6 is 0 Å². The molecule has 1 N–H and O–H groups in total. The number of hydrogen-bond acceptors (Lipinski definition) is 3. The highest BCUT2D eigenvalue weighted by atomic mass is 16.5. The van der Waals surface area contributed by atoms with Gasteiger partial charge in [-0.2, -0.15) is 0 Å². The van der Waals surface area contributed by atoms with E-state index in [1.54, 1.807) is 12.1 Å². The minimum atomic E-state index is -0.926. The van der Waals surface area contributed by atoms with Gasteiger partial charge in [0.2, 0.25) is 0 Å². The first kappa shape index (κ1) is 33.0. The van der Waals surface area contributed by atoms with Gasteiger partial charge in [0.05, 0.1) is 18.8 Å². The quantitative estimate of drug-likeness (QED) is 0.153. The highest BCUT2D eigenvalue weighted by Gasteiger charge is 2.20. The minimum Gasteiger partial charge on any atom is -0.494 e. The molecular formula is C37H56O4. The second-order valence-electron chi connectivity index (χ2n) is 12.2. The van der Waals surface area contributed by atoms with E-state index in [-0.39, 0.29) is 0 Å². The van der Waals surface area contributed by atoms with Gasteiger partial charge in [-0.05, 0) is 72.6 Å². The number of benzene rings is 2. The van der Waals surface area contributed by atoms with Crippen molar-refractivity contribution in [1.29, 1.82) is 0 Å². The Labute approximate surface area is 250 Å². The molecule has 4 nitrogen and oxygen atoms in total. The van der Waals surface area contributed by atoms with Gasteiger partial charge in [-0.3, -0.25) is 0 Å². The smallest absolute Gasteiger partial charge is 0.336 e. The van der Waals surface area contributed by atoms with Crippen molar-refractivity contribution in [3.63, 3.8) is 0 Å². The highest BCUT2D eigenvalue weighted by Crippen LogP contribution is 2.34. The molecule has 2 aromatic rings. The predicted molar refractivity (Wildman–Crippen MR) is 171 cm³/mol. The predicted octanol–water partition coefficient (Wildman–Crippen LogP) is 11.1. The zero-order valence-corrected chi connectivity index (χ0v) is 26.0. The van der Waals surface area contributed by atoms with Crippen LogP contribution in [-0.4, -0.2) is 24.3 Å². The molecule has 1 fully saturated rings. The van der Waals surface area contributed by atoms with Crippen LogP contribution in [0.3, 0.4) is 0 Å². The molecule has 0 bridgehead atoms. The Balaban J connectivity index is 1.39. The molecule has 2 aromatic carbocycles. The molecule has 0 unspecified atom stereocenters. The van der Waals surface area contributed by atoms with Crippen molar-refractivity contribution in [2.75, 3.05) is 13.2 Å². The summed E-state index contributed by atoms with van der Waals surface area (Å²) in [6.45, 7) is 5.95. The van der Waals surface area contributed by atoms with E-state index in [1.807, 2.05) is 30.3 Å². The van der Waals surface area contributed by atoms with Crippen LogP contribution in [-0.2, 0) is 0 Å². The van der Waals surface area contributed by atoms with E-state index in [0.29, 0.717) is 17.7 Å². The van der Waals surface area contributed by atoms with Gasteiger partial charge in [0, 0.05) is 0 Å². The molecule has 1 aliphatic carbocycles. The molecule has 4 heteroatoms. The van der Waals surface area contributed by atoms with E-state index in [2.05, 4.69) is 13.8 Å². The maximum absolute atomic E-state index is 11.9. The Morgan fingerprint density at radius 3 is 1.80 bits per heavy atom. The number of hydrogen-bond donors (Lipinski definition) is 1. The zero-order chi connectivity index (χ0) is 29.1. The van der Waals surface area contributed by atoms with E-state index in [4.69, 9.17) is 9.47 Å². The third-order valence-corrected chi connectivity index (χ3v) is 8.84. The van der Waals surface area contributed by atoms with Gasteiger partial charge in [-0.25, -0.2) is 4.79 Å². The monoisotopic (exact) mass is 564 g/mol. The summed E-state index contributed by atoms with van der Waals surface area (Å²) in [7, 11) is 0. The fraction of sp³-hybridized carbons (Fsp3) is 0.649. The van der Waals surface area contributed by atoms with E-state index in [0.717, 1.165) is 48.3 Å². The summed E-state index contributed by atoms with van der Waals surface area (Å²) in [5, 5.41) is 9.78. The van der Waals surface area contributed by atoms with Gasteiger partial charge >= 0.3 is 5.97 Å². The molecule has 0 heterocycles.